The van der Waals surface area contributed by atoms with Gasteiger partial charge in [0, 0.05) is 31.7 Å². The Morgan fingerprint density at radius 2 is 2.00 bits per heavy atom. The molecule has 0 aliphatic rings. The highest BCUT2D eigenvalue weighted by atomic mass is 32.2. The zero-order valence-electron chi connectivity index (χ0n) is 13.0. The molecule has 1 unspecified atom stereocenters. The molecule has 0 saturated heterocycles. The molecule has 0 aliphatic carbocycles. The van der Waals surface area contributed by atoms with Gasteiger partial charge >= 0.3 is 0 Å². The van der Waals surface area contributed by atoms with E-state index in [9.17, 15) is 13.2 Å². The largest absolute Gasteiger partial charge is 0.383 e. The molecule has 0 radical (unpaired) electrons. The van der Waals surface area contributed by atoms with Gasteiger partial charge in [-0.05, 0) is 19.1 Å². The molecular weight excluding hydrogens is 290 g/mol. The lowest BCUT2D eigenvalue weighted by molar-refractivity contribution is 0.0988. The van der Waals surface area contributed by atoms with Crippen molar-refractivity contribution in [1.82, 2.24) is 4.31 Å². The average Bonchev–Trinajstić information content (AvgIpc) is 2.47. The van der Waals surface area contributed by atoms with Crippen LogP contribution in [-0.2, 0) is 14.8 Å². The highest BCUT2D eigenvalue weighted by Gasteiger charge is 2.28. The Kier molecular flexibility index (Phi) is 6.51. The second-order valence-electron chi connectivity index (χ2n) is 4.82. The summed E-state index contributed by atoms with van der Waals surface area (Å²) in [6.45, 7) is 6.00. The summed E-state index contributed by atoms with van der Waals surface area (Å²) in [5.41, 5.74) is 0.425. The third-order valence-electron chi connectivity index (χ3n) is 3.29. The van der Waals surface area contributed by atoms with Gasteiger partial charge in [-0.15, -0.1) is 0 Å². The van der Waals surface area contributed by atoms with E-state index >= 15 is 0 Å². The smallest absolute Gasteiger partial charge is 0.243 e. The summed E-state index contributed by atoms with van der Waals surface area (Å²) >= 11 is 0. The van der Waals surface area contributed by atoms with E-state index in [1.807, 2.05) is 0 Å². The summed E-state index contributed by atoms with van der Waals surface area (Å²) < 4.78 is 31.8. The number of ether oxygens (including phenoxy) is 1. The molecule has 21 heavy (non-hydrogen) atoms. The Bertz CT molecular complexity index is 583. The molecule has 1 aromatic rings. The molecule has 0 amide bonds. The molecule has 1 atom stereocenters. The standard InChI is InChI=1S/C15H23NO4S/c1-5-15(17)13-8-7-9-14(10-13)21(18,19)16(6-2)12(3)11-20-4/h7-10,12H,5-6,11H2,1-4H3. The Morgan fingerprint density at radius 1 is 1.33 bits per heavy atom. The number of benzene rings is 1. The minimum Gasteiger partial charge on any atom is -0.383 e. The van der Waals surface area contributed by atoms with Crippen molar-refractivity contribution in [1.29, 1.82) is 0 Å². The van der Waals surface area contributed by atoms with Crippen molar-refractivity contribution in [2.45, 2.75) is 38.1 Å². The van der Waals surface area contributed by atoms with Crippen molar-refractivity contribution in [3.63, 3.8) is 0 Å². The molecule has 0 aliphatic heterocycles. The predicted molar refractivity (Wildman–Crippen MR) is 82.0 cm³/mol. The number of likely N-dealkylation sites (N-methyl/N-ethyl adjacent to an activating group) is 1. The molecule has 0 fully saturated rings. The maximum atomic E-state index is 12.7. The first-order chi connectivity index (χ1) is 9.88. The first kappa shape index (κ1) is 17.8. The predicted octanol–water partition coefficient (Wildman–Crippen LogP) is 2.32. The fourth-order valence-electron chi connectivity index (χ4n) is 2.21. The highest BCUT2D eigenvalue weighted by Crippen LogP contribution is 2.20. The molecular formula is C15H23NO4S. The third-order valence-corrected chi connectivity index (χ3v) is 5.38. The molecule has 5 nitrogen and oxygen atoms in total. The van der Waals surface area contributed by atoms with Gasteiger partial charge in [0.05, 0.1) is 11.5 Å². The number of carbonyl (C=O) groups is 1. The van der Waals surface area contributed by atoms with Gasteiger partial charge in [-0.3, -0.25) is 4.79 Å². The van der Waals surface area contributed by atoms with Gasteiger partial charge in [-0.1, -0.05) is 26.0 Å². The summed E-state index contributed by atoms with van der Waals surface area (Å²) in [6, 6.07) is 5.94. The van der Waals surface area contributed by atoms with Crippen LogP contribution in [0.4, 0.5) is 0 Å². The Morgan fingerprint density at radius 3 is 2.52 bits per heavy atom. The summed E-state index contributed by atoms with van der Waals surface area (Å²) in [4.78, 5) is 11.9. The van der Waals surface area contributed by atoms with Crippen LogP contribution in [-0.4, -0.2) is 44.8 Å². The summed E-state index contributed by atoms with van der Waals surface area (Å²) in [5.74, 6) is -0.0694. The Labute approximate surface area is 127 Å². The monoisotopic (exact) mass is 313 g/mol. The van der Waals surface area contributed by atoms with Gasteiger partial charge in [0.15, 0.2) is 5.78 Å². The highest BCUT2D eigenvalue weighted by molar-refractivity contribution is 7.89. The van der Waals surface area contributed by atoms with Gasteiger partial charge < -0.3 is 4.74 Å². The van der Waals surface area contributed by atoms with E-state index in [4.69, 9.17) is 4.74 Å². The van der Waals surface area contributed by atoms with Gasteiger partial charge in [0.25, 0.3) is 0 Å². The number of carbonyl (C=O) groups excluding carboxylic acids is 1. The number of methoxy groups -OCH3 is 1. The molecule has 0 saturated carbocycles. The minimum absolute atomic E-state index is 0.0694. The van der Waals surface area contributed by atoms with E-state index in [1.54, 1.807) is 32.9 Å². The summed E-state index contributed by atoms with van der Waals surface area (Å²) in [5, 5.41) is 0. The van der Waals surface area contributed by atoms with Gasteiger partial charge in [0.1, 0.15) is 0 Å². The zero-order valence-corrected chi connectivity index (χ0v) is 13.8. The van der Waals surface area contributed by atoms with Crippen molar-refractivity contribution < 1.29 is 17.9 Å². The van der Waals surface area contributed by atoms with Crippen LogP contribution in [0.25, 0.3) is 0 Å². The van der Waals surface area contributed by atoms with Crippen LogP contribution < -0.4 is 0 Å². The van der Waals surface area contributed by atoms with E-state index < -0.39 is 10.0 Å². The van der Waals surface area contributed by atoms with E-state index in [2.05, 4.69) is 0 Å². The molecule has 0 bridgehead atoms. The number of ketones is 1. The van der Waals surface area contributed by atoms with Crippen molar-refractivity contribution >= 4 is 15.8 Å². The lowest BCUT2D eigenvalue weighted by Crippen LogP contribution is -2.40. The molecule has 0 heterocycles. The third kappa shape index (κ3) is 4.12. The number of nitrogens with zero attached hydrogens (tertiary/aromatic N) is 1. The first-order valence-corrected chi connectivity index (χ1v) is 8.46. The van der Waals surface area contributed by atoms with E-state index in [0.717, 1.165) is 0 Å². The number of Topliss-reactive ketones (excluding diaryl/α,β-unsaturated/α-hetero) is 1. The van der Waals surface area contributed by atoms with Crippen LogP contribution in [0.2, 0.25) is 0 Å². The topological polar surface area (TPSA) is 63.7 Å². The quantitative estimate of drug-likeness (QED) is 0.691. The number of hydrogen-bond acceptors (Lipinski definition) is 4. The van der Waals surface area contributed by atoms with E-state index in [0.29, 0.717) is 25.1 Å². The summed E-state index contributed by atoms with van der Waals surface area (Å²) in [7, 11) is -2.10. The second-order valence-corrected chi connectivity index (χ2v) is 6.71. The maximum Gasteiger partial charge on any atom is 0.243 e. The fourth-order valence-corrected chi connectivity index (χ4v) is 3.88. The number of sulfonamides is 1. The molecule has 118 valence electrons. The molecule has 0 aromatic heterocycles. The number of rotatable bonds is 8. The van der Waals surface area contributed by atoms with E-state index in [1.165, 1.54) is 23.5 Å². The van der Waals surface area contributed by atoms with Gasteiger partial charge in [0.2, 0.25) is 10.0 Å². The van der Waals surface area contributed by atoms with Crippen molar-refractivity contribution in [2.24, 2.45) is 0 Å². The molecule has 0 spiro atoms. The minimum atomic E-state index is -3.64. The SMILES string of the molecule is CCC(=O)c1cccc(S(=O)(=O)N(CC)C(C)COC)c1. The van der Waals surface area contributed by atoms with Crippen LogP contribution in [0, 0.1) is 0 Å². The first-order valence-electron chi connectivity index (χ1n) is 7.02. The Hall–Kier alpha value is -1.24. The van der Waals surface area contributed by atoms with Crippen LogP contribution in [0.5, 0.6) is 0 Å². The van der Waals surface area contributed by atoms with E-state index in [-0.39, 0.29) is 16.7 Å². The fraction of sp³-hybridized carbons (Fsp3) is 0.533. The normalized spacial score (nSPS) is 13.4. The lowest BCUT2D eigenvalue weighted by atomic mass is 10.1. The van der Waals surface area contributed by atoms with Gasteiger partial charge in [-0.2, -0.15) is 4.31 Å². The summed E-state index contributed by atoms with van der Waals surface area (Å²) in [6.07, 6.45) is 0.348. The van der Waals surface area contributed by atoms with Gasteiger partial charge in [-0.25, -0.2) is 8.42 Å². The molecule has 1 rings (SSSR count). The van der Waals surface area contributed by atoms with Crippen LogP contribution in [0.15, 0.2) is 29.2 Å². The van der Waals surface area contributed by atoms with Crippen molar-refractivity contribution in [2.75, 3.05) is 20.3 Å². The average molecular weight is 313 g/mol. The van der Waals surface area contributed by atoms with Crippen molar-refractivity contribution in [3.05, 3.63) is 29.8 Å². The van der Waals surface area contributed by atoms with Crippen molar-refractivity contribution in [3.8, 4) is 0 Å². The Balaban J connectivity index is 3.20. The van der Waals surface area contributed by atoms with Crippen LogP contribution >= 0.6 is 0 Å². The maximum absolute atomic E-state index is 12.7. The second kappa shape index (κ2) is 7.68. The molecule has 1 aromatic carbocycles. The number of hydrogen-bond donors (Lipinski definition) is 0. The lowest BCUT2D eigenvalue weighted by Gasteiger charge is -2.26. The van der Waals surface area contributed by atoms with Crippen LogP contribution in [0.1, 0.15) is 37.6 Å². The van der Waals surface area contributed by atoms with Crippen LogP contribution in [0.3, 0.4) is 0 Å². The molecule has 6 heteroatoms. The molecule has 0 N–H and O–H groups in total. The zero-order chi connectivity index (χ0) is 16.0.